The van der Waals surface area contributed by atoms with Crippen molar-refractivity contribution in [2.24, 2.45) is 0 Å². The van der Waals surface area contributed by atoms with Crippen LogP contribution in [-0.4, -0.2) is 51.4 Å². The molecule has 0 radical (unpaired) electrons. The molecule has 0 bridgehead atoms. The summed E-state index contributed by atoms with van der Waals surface area (Å²) in [4.78, 5) is 28.9. The van der Waals surface area contributed by atoms with E-state index in [0.717, 1.165) is 22.7 Å². The summed E-state index contributed by atoms with van der Waals surface area (Å²) in [5, 5.41) is 3.33. The minimum absolute atomic E-state index is 0.00153. The lowest BCUT2D eigenvalue weighted by molar-refractivity contribution is -0.140. The van der Waals surface area contributed by atoms with Crippen LogP contribution in [0, 0.1) is 6.92 Å². The maximum Gasteiger partial charge on any atom is 0.264 e. The van der Waals surface area contributed by atoms with E-state index in [9.17, 15) is 18.0 Å². The first-order valence-electron chi connectivity index (χ1n) is 13.7. The minimum Gasteiger partial charge on any atom is -0.497 e. The first-order valence-corrected chi connectivity index (χ1v) is 15.5. The Hall–Kier alpha value is -3.56. The molecule has 0 aliphatic rings. The number of ether oxygens (including phenoxy) is 1. The molecule has 0 heterocycles. The number of carbonyl (C=O) groups is 2. The molecule has 0 unspecified atom stereocenters. The van der Waals surface area contributed by atoms with Gasteiger partial charge in [0.25, 0.3) is 10.0 Å². The van der Waals surface area contributed by atoms with Gasteiger partial charge in [0.2, 0.25) is 11.8 Å². The molecule has 3 aromatic rings. The van der Waals surface area contributed by atoms with Crippen LogP contribution in [0.15, 0.2) is 77.7 Å². The Labute approximate surface area is 248 Å². The van der Waals surface area contributed by atoms with Crippen LogP contribution in [0.3, 0.4) is 0 Å². The molecule has 0 aliphatic heterocycles. The van der Waals surface area contributed by atoms with Gasteiger partial charge in [-0.1, -0.05) is 62.2 Å². The number of nitrogens with zero attached hydrogens (tertiary/aromatic N) is 2. The molecule has 0 fully saturated rings. The maximum absolute atomic E-state index is 14.2. The summed E-state index contributed by atoms with van der Waals surface area (Å²) in [6.45, 7) is 5.74. The highest BCUT2D eigenvalue weighted by Crippen LogP contribution is 2.28. The Morgan fingerprint density at radius 1 is 1.00 bits per heavy atom. The van der Waals surface area contributed by atoms with E-state index in [2.05, 4.69) is 5.32 Å². The molecule has 0 saturated carbocycles. The zero-order valence-electron chi connectivity index (χ0n) is 24.0. The third kappa shape index (κ3) is 8.24. The predicted octanol–water partition coefficient (Wildman–Crippen LogP) is 5.58. The summed E-state index contributed by atoms with van der Waals surface area (Å²) in [6.07, 6.45) is 2.08. The van der Waals surface area contributed by atoms with Crippen LogP contribution in [0.4, 0.5) is 5.69 Å². The van der Waals surface area contributed by atoms with Crippen molar-refractivity contribution in [1.82, 2.24) is 10.2 Å². The molecule has 2 amide bonds. The number of aryl methyl sites for hydroxylation is 1. The summed E-state index contributed by atoms with van der Waals surface area (Å²) in [5.74, 6) is -0.173. The molecule has 0 aromatic heterocycles. The number of para-hydroxylation sites is 1. The zero-order valence-corrected chi connectivity index (χ0v) is 25.5. The van der Waals surface area contributed by atoms with Gasteiger partial charge in [-0.05, 0) is 73.4 Å². The van der Waals surface area contributed by atoms with Crippen molar-refractivity contribution in [2.45, 2.75) is 57.5 Å². The minimum atomic E-state index is -4.17. The Morgan fingerprint density at radius 2 is 1.71 bits per heavy atom. The fourth-order valence-corrected chi connectivity index (χ4v) is 6.09. The highest BCUT2D eigenvalue weighted by molar-refractivity contribution is 7.92. The molecule has 0 aliphatic carbocycles. The quantitative estimate of drug-likeness (QED) is 0.244. The van der Waals surface area contributed by atoms with E-state index in [1.165, 1.54) is 29.2 Å². The van der Waals surface area contributed by atoms with Gasteiger partial charge in [0.05, 0.1) is 17.7 Å². The van der Waals surface area contributed by atoms with Crippen LogP contribution < -0.4 is 14.4 Å². The number of unbranched alkanes of at least 4 members (excludes halogenated alkanes) is 1. The number of carbonyl (C=O) groups excluding carboxylic acids is 2. The molecule has 41 heavy (non-hydrogen) atoms. The smallest absolute Gasteiger partial charge is 0.264 e. The standard InChI is InChI=1S/C31H38ClN3O5S/c1-5-7-19-33-31(37)28(6-2)34(21-24-12-10-13-26(20-24)40-4)30(36)22-35(29-14-9-8-11-23(29)3)41(38,39)27-17-15-25(32)16-18-27/h8-18,20,28H,5-7,19,21-22H2,1-4H3,(H,33,37)/t28-/m1/s1. The molecular formula is C31H38ClN3O5S. The third-order valence-electron chi connectivity index (χ3n) is 6.77. The van der Waals surface area contributed by atoms with E-state index < -0.39 is 28.5 Å². The number of hydrogen-bond acceptors (Lipinski definition) is 5. The number of benzene rings is 3. The summed E-state index contributed by atoms with van der Waals surface area (Å²) in [7, 11) is -2.61. The van der Waals surface area contributed by atoms with E-state index in [1.54, 1.807) is 50.4 Å². The van der Waals surface area contributed by atoms with Crippen molar-refractivity contribution in [3.05, 3.63) is 88.9 Å². The molecule has 220 valence electrons. The lowest BCUT2D eigenvalue weighted by atomic mass is 10.1. The number of anilines is 1. The highest BCUT2D eigenvalue weighted by Gasteiger charge is 2.34. The summed E-state index contributed by atoms with van der Waals surface area (Å²) < 4.78 is 34.4. The number of rotatable bonds is 14. The molecule has 3 rings (SSSR count). The van der Waals surface area contributed by atoms with Gasteiger partial charge in [0, 0.05) is 18.1 Å². The fourth-order valence-electron chi connectivity index (χ4n) is 4.48. The molecule has 0 spiro atoms. The van der Waals surface area contributed by atoms with Gasteiger partial charge in [-0.2, -0.15) is 0 Å². The first-order chi connectivity index (χ1) is 19.6. The van der Waals surface area contributed by atoms with E-state index in [-0.39, 0.29) is 17.3 Å². The summed E-state index contributed by atoms with van der Waals surface area (Å²) in [5.41, 5.74) is 1.81. The third-order valence-corrected chi connectivity index (χ3v) is 8.79. The number of sulfonamides is 1. The molecular weight excluding hydrogens is 562 g/mol. The fraction of sp³-hybridized carbons (Fsp3) is 0.355. The predicted molar refractivity (Wildman–Crippen MR) is 163 cm³/mol. The molecule has 3 aromatic carbocycles. The average Bonchev–Trinajstić information content (AvgIpc) is 2.96. The second-order valence-corrected chi connectivity index (χ2v) is 12.0. The van der Waals surface area contributed by atoms with E-state index in [1.807, 2.05) is 26.0 Å². The monoisotopic (exact) mass is 599 g/mol. The molecule has 1 atom stereocenters. The Balaban J connectivity index is 2.05. The normalized spacial score (nSPS) is 11.9. The molecule has 0 saturated heterocycles. The van der Waals surface area contributed by atoms with Crippen molar-refractivity contribution in [2.75, 3.05) is 24.5 Å². The van der Waals surface area contributed by atoms with Gasteiger partial charge in [-0.15, -0.1) is 0 Å². The average molecular weight is 600 g/mol. The zero-order chi connectivity index (χ0) is 30.0. The van der Waals surface area contributed by atoms with Crippen molar-refractivity contribution < 1.29 is 22.7 Å². The number of methoxy groups -OCH3 is 1. The number of amides is 2. The Bertz CT molecular complexity index is 1430. The van der Waals surface area contributed by atoms with Gasteiger partial charge >= 0.3 is 0 Å². The lowest BCUT2D eigenvalue weighted by Crippen LogP contribution is -2.52. The number of halogens is 1. The van der Waals surface area contributed by atoms with Crippen LogP contribution in [0.1, 0.15) is 44.2 Å². The molecule has 10 heteroatoms. The summed E-state index contributed by atoms with van der Waals surface area (Å²) >= 11 is 6.02. The van der Waals surface area contributed by atoms with Gasteiger partial charge in [-0.25, -0.2) is 8.42 Å². The van der Waals surface area contributed by atoms with E-state index in [0.29, 0.717) is 35.0 Å². The van der Waals surface area contributed by atoms with Crippen LogP contribution in [0.5, 0.6) is 5.75 Å². The lowest BCUT2D eigenvalue weighted by Gasteiger charge is -2.33. The van der Waals surface area contributed by atoms with Gasteiger partial charge in [0.1, 0.15) is 18.3 Å². The van der Waals surface area contributed by atoms with Crippen molar-refractivity contribution in [3.63, 3.8) is 0 Å². The van der Waals surface area contributed by atoms with Gasteiger partial charge in [0.15, 0.2) is 0 Å². The largest absolute Gasteiger partial charge is 0.497 e. The van der Waals surface area contributed by atoms with E-state index >= 15 is 0 Å². The first kappa shape index (κ1) is 32.0. The SMILES string of the molecule is CCCCNC(=O)[C@@H](CC)N(Cc1cccc(OC)c1)C(=O)CN(c1ccccc1C)S(=O)(=O)c1ccc(Cl)cc1. The van der Waals surface area contributed by atoms with Crippen LogP contribution in [0.25, 0.3) is 0 Å². The van der Waals surface area contributed by atoms with Gasteiger partial charge < -0.3 is 15.0 Å². The second kappa shape index (κ2) is 14.9. The number of hydrogen-bond donors (Lipinski definition) is 1. The van der Waals surface area contributed by atoms with E-state index in [4.69, 9.17) is 16.3 Å². The Morgan fingerprint density at radius 3 is 2.34 bits per heavy atom. The molecule has 1 N–H and O–H groups in total. The van der Waals surface area contributed by atoms with Gasteiger partial charge in [-0.3, -0.25) is 13.9 Å². The van der Waals surface area contributed by atoms with Crippen molar-refractivity contribution >= 4 is 39.1 Å². The topological polar surface area (TPSA) is 96.0 Å². The summed E-state index contributed by atoms with van der Waals surface area (Å²) in [6, 6.07) is 19.2. The van der Waals surface area contributed by atoms with Crippen LogP contribution in [0.2, 0.25) is 5.02 Å². The Kier molecular flexibility index (Phi) is 11.6. The maximum atomic E-state index is 14.2. The number of nitrogens with one attached hydrogen (secondary N) is 1. The van der Waals surface area contributed by atoms with Crippen LogP contribution >= 0.6 is 11.6 Å². The van der Waals surface area contributed by atoms with Crippen molar-refractivity contribution in [1.29, 1.82) is 0 Å². The van der Waals surface area contributed by atoms with Crippen LogP contribution in [-0.2, 0) is 26.2 Å². The second-order valence-electron chi connectivity index (χ2n) is 9.69. The highest BCUT2D eigenvalue weighted by atomic mass is 35.5. The van der Waals surface area contributed by atoms with Crippen molar-refractivity contribution in [3.8, 4) is 5.75 Å². The molecule has 8 nitrogen and oxygen atoms in total.